The van der Waals surface area contributed by atoms with Crippen molar-refractivity contribution in [1.82, 2.24) is 25.4 Å². The van der Waals surface area contributed by atoms with E-state index in [0.717, 1.165) is 22.4 Å². The summed E-state index contributed by atoms with van der Waals surface area (Å²) in [4.78, 5) is 32.8. The highest BCUT2D eigenvalue weighted by atomic mass is 16.2. The lowest BCUT2D eigenvalue weighted by Gasteiger charge is -2.29. The Morgan fingerprint density at radius 1 is 1.18 bits per heavy atom. The van der Waals surface area contributed by atoms with Crippen molar-refractivity contribution in [2.45, 2.75) is 33.6 Å². The molecule has 172 valence electrons. The highest BCUT2D eigenvalue weighted by molar-refractivity contribution is 5.96. The van der Waals surface area contributed by atoms with Gasteiger partial charge < -0.3 is 10.2 Å². The highest BCUT2D eigenvalue weighted by Crippen LogP contribution is 2.38. The number of carbonyl (C=O) groups is 2. The van der Waals surface area contributed by atoms with Crippen molar-refractivity contribution in [3.8, 4) is 11.1 Å². The van der Waals surface area contributed by atoms with Crippen LogP contribution in [0.4, 0.5) is 0 Å². The summed E-state index contributed by atoms with van der Waals surface area (Å²) in [6, 6.07) is 12.1. The van der Waals surface area contributed by atoms with Crippen molar-refractivity contribution in [3.05, 3.63) is 71.8 Å². The van der Waals surface area contributed by atoms with Gasteiger partial charge in [-0.05, 0) is 42.9 Å². The summed E-state index contributed by atoms with van der Waals surface area (Å²) >= 11 is 0. The third kappa shape index (κ3) is 4.82. The predicted octanol–water partition coefficient (Wildman–Crippen LogP) is 3.63. The first-order chi connectivity index (χ1) is 15.9. The molecule has 7 nitrogen and oxygen atoms in total. The molecule has 0 bridgehead atoms. The second-order valence-electron chi connectivity index (χ2n) is 9.35. The summed E-state index contributed by atoms with van der Waals surface area (Å²) in [5, 5.41) is 9.96. The van der Waals surface area contributed by atoms with Crippen molar-refractivity contribution in [2.75, 3.05) is 19.6 Å². The number of hydrogen-bond donors (Lipinski definition) is 2. The highest BCUT2D eigenvalue weighted by Gasteiger charge is 2.46. The van der Waals surface area contributed by atoms with Gasteiger partial charge in [0.2, 0.25) is 5.91 Å². The Bertz CT molecular complexity index is 1120. The number of aromatic amines is 1. The molecule has 33 heavy (non-hydrogen) atoms. The minimum absolute atomic E-state index is 0.0106. The number of rotatable bonds is 7. The van der Waals surface area contributed by atoms with Gasteiger partial charge in [-0.1, -0.05) is 44.2 Å². The third-order valence-electron chi connectivity index (χ3n) is 6.37. The first kappa shape index (κ1) is 22.7. The van der Waals surface area contributed by atoms with Crippen molar-refractivity contribution < 1.29 is 9.59 Å². The number of aryl methyl sites for hydroxylation is 1. The van der Waals surface area contributed by atoms with Gasteiger partial charge in [0.15, 0.2) is 0 Å². The Labute approximate surface area is 194 Å². The quantitative estimate of drug-likeness (QED) is 0.581. The molecule has 1 aliphatic rings. The average Bonchev–Trinajstić information content (AvgIpc) is 3.45. The Balaban J connectivity index is 1.65. The molecule has 4 rings (SSSR count). The van der Waals surface area contributed by atoms with E-state index in [9.17, 15) is 9.59 Å². The van der Waals surface area contributed by atoms with Gasteiger partial charge in [0.25, 0.3) is 5.91 Å². The molecular formula is C26H31N5O2. The zero-order valence-corrected chi connectivity index (χ0v) is 19.5. The molecule has 1 atom stereocenters. The fourth-order valence-electron chi connectivity index (χ4n) is 4.52. The van der Waals surface area contributed by atoms with E-state index in [1.807, 2.05) is 37.4 Å². The molecule has 0 unspecified atom stereocenters. The van der Waals surface area contributed by atoms with E-state index >= 15 is 0 Å². The molecule has 2 aromatic heterocycles. The molecule has 0 radical (unpaired) electrons. The lowest BCUT2D eigenvalue weighted by Crippen LogP contribution is -2.46. The lowest BCUT2D eigenvalue weighted by atomic mass is 9.78. The van der Waals surface area contributed by atoms with Gasteiger partial charge in [0.05, 0.1) is 17.2 Å². The van der Waals surface area contributed by atoms with Crippen LogP contribution in [-0.4, -0.2) is 51.5 Å². The molecule has 1 saturated heterocycles. The molecule has 7 heteroatoms. The standard InChI is InChI=1S/C26H31N5O2/c1-18(2)14-28-25(33)26(10-12-31(17-26)24(32)23-16-29-30-19(23)3)13-20-7-4-5-9-22(20)21-8-6-11-27-15-21/h4-9,11,15-16,18H,10,12-14,17H2,1-3H3,(H,28,33)(H,29,30)/t26-/m1/s1. The van der Waals surface area contributed by atoms with Gasteiger partial charge in [0, 0.05) is 43.3 Å². The van der Waals surface area contributed by atoms with Gasteiger partial charge in [0.1, 0.15) is 0 Å². The molecule has 0 saturated carbocycles. The number of benzene rings is 1. The van der Waals surface area contributed by atoms with Crippen LogP contribution in [0.25, 0.3) is 11.1 Å². The zero-order chi connectivity index (χ0) is 23.4. The summed E-state index contributed by atoms with van der Waals surface area (Å²) in [6.45, 7) is 7.52. The smallest absolute Gasteiger partial charge is 0.257 e. The van der Waals surface area contributed by atoms with Crippen LogP contribution in [0.2, 0.25) is 0 Å². The Kier molecular flexibility index (Phi) is 6.58. The van der Waals surface area contributed by atoms with E-state index in [2.05, 4.69) is 46.5 Å². The van der Waals surface area contributed by atoms with Crippen LogP contribution in [0.1, 0.15) is 41.9 Å². The summed E-state index contributed by atoms with van der Waals surface area (Å²) in [5.41, 5.74) is 3.77. The lowest BCUT2D eigenvalue weighted by molar-refractivity contribution is -0.130. The molecule has 2 amide bonds. The molecule has 1 fully saturated rings. The number of nitrogens with one attached hydrogen (secondary N) is 2. The number of pyridine rings is 1. The fourth-order valence-corrected chi connectivity index (χ4v) is 4.52. The van der Waals surface area contributed by atoms with Gasteiger partial charge in [-0.3, -0.25) is 19.7 Å². The molecule has 3 heterocycles. The molecule has 2 N–H and O–H groups in total. The minimum Gasteiger partial charge on any atom is -0.355 e. The summed E-state index contributed by atoms with van der Waals surface area (Å²) < 4.78 is 0. The molecule has 3 aromatic rings. The summed E-state index contributed by atoms with van der Waals surface area (Å²) in [6.07, 6.45) is 6.33. The van der Waals surface area contributed by atoms with Crippen LogP contribution in [0, 0.1) is 18.3 Å². The van der Waals surface area contributed by atoms with E-state index in [1.165, 1.54) is 0 Å². The van der Waals surface area contributed by atoms with Crippen molar-refractivity contribution in [3.63, 3.8) is 0 Å². The van der Waals surface area contributed by atoms with Crippen molar-refractivity contribution in [1.29, 1.82) is 0 Å². The maximum Gasteiger partial charge on any atom is 0.257 e. The number of nitrogens with zero attached hydrogens (tertiary/aromatic N) is 3. The van der Waals surface area contributed by atoms with Gasteiger partial charge in [-0.25, -0.2) is 0 Å². The first-order valence-electron chi connectivity index (χ1n) is 11.5. The van der Waals surface area contributed by atoms with E-state index in [0.29, 0.717) is 44.0 Å². The monoisotopic (exact) mass is 445 g/mol. The van der Waals surface area contributed by atoms with Gasteiger partial charge in [-0.2, -0.15) is 5.10 Å². The maximum absolute atomic E-state index is 13.6. The number of likely N-dealkylation sites (tertiary alicyclic amines) is 1. The fraction of sp³-hybridized carbons (Fsp3) is 0.385. The van der Waals surface area contributed by atoms with E-state index in [-0.39, 0.29) is 11.8 Å². The third-order valence-corrected chi connectivity index (χ3v) is 6.37. The van der Waals surface area contributed by atoms with Gasteiger partial charge in [-0.15, -0.1) is 0 Å². The first-order valence-corrected chi connectivity index (χ1v) is 11.5. The Morgan fingerprint density at radius 2 is 2.00 bits per heavy atom. The summed E-state index contributed by atoms with van der Waals surface area (Å²) in [7, 11) is 0. The molecule has 1 aromatic carbocycles. The number of H-pyrrole nitrogens is 1. The molecule has 0 aliphatic carbocycles. The molecule has 0 spiro atoms. The average molecular weight is 446 g/mol. The zero-order valence-electron chi connectivity index (χ0n) is 19.5. The predicted molar refractivity (Wildman–Crippen MR) is 128 cm³/mol. The number of amides is 2. The van der Waals surface area contributed by atoms with Crippen molar-refractivity contribution in [2.24, 2.45) is 11.3 Å². The minimum atomic E-state index is -0.694. The van der Waals surface area contributed by atoms with E-state index < -0.39 is 5.41 Å². The SMILES string of the molecule is Cc1[nH]ncc1C(=O)N1CC[C@](Cc2ccccc2-c2cccnc2)(C(=O)NCC(C)C)C1. The van der Waals surface area contributed by atoms with Gasteiger partial charge >= 0.3 is 0 Å². The summed E-state index contributed by atoms with van der Waals surface area (Å²) in [5.74, 6) is 0.276. The van der Waals surface area contributed by atoms with Crippen LogP contribution in [-0.2, 0) is 11.2 Å². The van der Waals surface area contributed by atoms with Crippen LogP contribution >= 0.6 is 0 Å². The second-order valence-corrected chi connectivity index (χ2v) is 9.35. The topological polar surface area (TPSA) is 91.0 Å². The van der Waals surface area contributed by atoms with Crippen molar-refractivity contribution >= 4 is 11.8 Å². The van der Waals surface area contributed by atoms with E-state index in [1.54, 1.807) is 17.3 Å². The van der Waals surface area contributed by atoms with Crippen LogP contribution < -0.4 is 5.32 Å². The number of carbonyl (C=O) groups excluding carboxylic acids is 2. The maximum atomic E-state index is 13.6. The van der Waals surface area contributed by atoms with Crippen LogP contribution in [0.5, 0.6) is 0 Å². The normalized spacial score (nSPS) is 18.0. The van der Waals surface area contributed by atoms with E-state index in [4.69, 9.17) is 0 Å². The molecule has 1 aliphatic heterocycles. The van der Waals surface area contributed by atoms with Crippen LogP contribution in [0.3, 0.4) is 0 Å². The Morgan fingerprint density at radius 3 is 2.70 bits per heavy atom. The number of hydrogen-bond acceptors (Lipinski definition) is 4. The Hall–Kier alpha value is -3.48. The second kappa shape index (κ2) is 9.57. The molecular weight excluding hydrogens is 414 g/mol. The van der Waals surface area contributed by atoms with Crippen LogP contribution in [0.15, 0.2) is 55.0 Å². The largest absolute Gasteiger partial charge is 0.355 e. The number of aromatic nitrogens is 3.